The highest BCUT2D eigenvalue weighted by Gasteiger charge is 2.26. The van der Waals surface area contributed by atoms with Crippen LogP contribution in [0.15, 0.2) is 18.3 Å². The third-order valence-corrected chi connectivity index (χ3v) is 5.51. The molecule has 2 aliphatic rings. The second-order valence-electron chi connectivity index (χ2n) is 9.40. The van der Waals surface area contributed by atoms with Crippen molar-refractivity contribution in [3.8, 4) is 0 Å². The van der Waals surface area contributed by atoms with E-state index in [1.165, 1.54) is 0 Å². The number of piperidine rings is 1. The first-order valence-corrected chi connectivity index (χ1v) is 11.1. The van der Waals surface area contributed by atoms with Crippen LogP contribution in [0.2, 0.25) is 0 Å². The van der Waals surface area contributed by atoms with Crippen LogP contribution in [-0.4, -0.2) is 84.9 Å². The predicted octanol–water partition coefficient (Wildman–Crippen LogP) is 2.03. The van der Waals surface area contributed by atoms with E-state index in [9.17, 15) is 9.59 Å². The molecule has 2 N–H and O–H groups in total. The lowest BCUT2D eigenvalue weighted by atomic mass is 10.1. The average Bonchev–Trinajstić information content (AvgIpc) is 2.71. The minimum Gasteiger partial charge on any atom is -0.444 e. The molecular formula is C22H36N6O3. The van der Waals surface area contributed by atoms with Gasteiger partial charge in [0.1, 0.15) is 11.4 Å². The van der Waals surface area contributed by atoms with Crippen molar-refractivity contribution in [2.45, 2.75) is 51.8 Å². The van der Waals surface area contributed by atoms with Crippen molar-refractivity contribution in [2.75, 3.05) is 51.2 Å². The summed E-state index contributed by atoms with van der Waals surface area (Å²) < 4.78 is 5.33. The number of alkyl carbamates (subject to hydrolysis) is 1. The van der Waals surface area contributed by atoms with Crippen LogP contribution >= 0.6 is 0 Å². The van der Waals surface area contributed by atoms with E-state index < -0.39 is 11.7 Å². The van der Waals surface area contributed by atoms with Gasteiger partial charge in [-0.25, -0.2) is 14.6 Å². The molecule has 3 heterocycles. The van der Waals surface area contributed by atoms with Crippen molar-refractivity contribution in [3.63, 3.8) is 0 Å². The van der Waals surface area contributed by atoms with Gasteiger partial charge in [0, 0.05) is 58.1 Å². The maximum Gasteiger partial charge on any atom is 0.407 e. The number of aromatic nitrogens is 1. The number of urea groups is 1. The Labute approximate surface area is 185 Å². The molecule has 0 aliphatic carbocycles. The fraction of sp³-hybridized carbons (Fsp3) is 0.682. The first-order valence-electron chi connectivity index (χ1n) is 11.1. The van der Waals surface area contributed by atoms with Crippen LogP contribution in [0, 0.1) is 0 Å². The summed E-state index contributed by atoms with van der Waals surface area (Å²) in [5.74, 6) is 0.958. The number of anilines is 1. The number of hydrogen-bond donors (Lipinski definition) is 2. The molecule has 0 aromatic carbocycles. The molecule has 9 nitrogen and oxygen atoms in total. The van der Waals surface area contributed by atoms with E-state index in [-0.39, 0.29) is 12.1 Å². The number of rotatable bonds is 4. The molecule has 2 aliphatic heterocycles. The van der Waals surface area contributed by atoms with Crippen molar-refractivity contribution in [3.05, 3.63) is 23.9 Å². The number of piperazine rings is 1. The normalized spacial score (nSPS) is 20.3. The third kappa shape index (κ3) is 7.27. The highest BCUT2D eigenvalue weighted by Crippen LogP contribution is 2.16. The molecule has 1 aromatic rings. The summed E-state index contributed by atoms with van der Waals surface area (Å²) in [6.45, 7) is 11.1. The fourth-order valence-electron chi connectivity index (χ4n) is 3.82. The van der Waals surface area contributed by atoms with Gasteiger partial charge < -0.3 is 30.1 Å². The fourth-order valence-corrected chi connectivity index (χ4v) is 3.82. The Morgan fingerprint density at radius 1 is 1.19 bits per heavy atom. The third-order valence-electron chi connectivity index (χ3n) is 5.51. The second kappa shape index (κ2) is 10.2. The molecule has 172 valence electrons. The number of nitrogens with one attached hydrogen (secondary N) is 2. The number of likely N-dealkylation sites (tertiary alicyclic amines) is 1. The SMILES string of the molecule is CN1CCN(c2cc(CNC(=O)N3CCCC(NC(=O)OC(C)(C)C)C3)ccn2)CC1. The van der Waals surface area contributed by atoms with Gasteiger partial charge in [-0.15, -0.1) is 0 Å². The molecule has 1 aromatic heterocycles. The van der Waals surface area contributed by atoms with Crippen LogP contribution in [0.4, 0.5) is 15.4 Å². The molecule has 3 rings (SSSR count). The van der Waals surface area contributed by atoms with E-state index in [4.69, 9.17) is 4.74 Å². The minimum atomic E-state index is -0.538. The number of carbonyl (C=O) groups excluding carboxylic acids is 2. The summed E-state index contributed by atoms with van der Waals surface area (Å²) in [7, 11) is 2.13. The van der Waals surface area contributed by atoms with Gasteiger partial charge in [0.25, 0.3) is 0 Å². The summed E-state index contributed by atoms with van der Waals surface area (Å²) in [6, 6.07) is 3.77. The summed E-state index contributed by atoms with van der Waals surface area (Å²) in [6.07, 6.45) is 3.04. The van der Waals surface area contributed by atoms with Crippen molar-refractivity contribution in [1.82, 2.24) is 25.4 Å². The number of ether oxygens (including phenoxy) is 1. The zero-order valence-electron chi connectivity index (χ0n) is 19.2. The number of amides is 3. The molecule has 0 bridgehead atoms. The van der Waals surface area contributed by atoms with Gasteiger partial charge in [0.2, 0.25) is 0 Å². The minimum absolute atomic E-state index is 0.0980. The Morgan fingerprint density at radius 3 is 2.65 bits per heavy atom. The molecule has 1 unspecified atom stereocenters. The maximum absolute atomic E-state index is 12.7. The van der Waals surface area contributed by atoms with Gasteiger partial charge in [-0.1, -0.05) is 0 Å². The van der Waals surface area contributed by atoms with Crippen LogP contribution in [0.25, 0.3) is 0 Å². The van der Waals surface area contributed by atoms with Crippen LogP contribution in [0.5, 0.6) is 0 Å². The van der Waals surface area contributed by atoms with Crippen LogP contribution < -0.4 is 15.5 Å². The highest BCUT2D eigenvalue weighted by molar-refractivity contribution is 5.74. The smallest absolute Gasteiger partial charge is 0.407 e. The Kier molecular flexibility index (Phi) is 7.59. The molecule has 1 atom stereocenters. The molecule has 3 amide bonds. The van der Waals surface area contributed by atoms with E-state index in [0.717, 1.165) is 50.4 Å². The number of likely N-dealkylation sites (N-methyl/N-ethyl adjacent to an activating group) is 1. The van der Waals surface area contributed by atoms with Gasteiger partial charge in [-0.3, -0.25) is 0 Å². The molecule has 31 heavy (non-hydrogen) atoms. The first kappa shape index (κ1) is 23.1. The van der Waals surface area contributed by atoms with Gasteiger partial charge in [0.15, 0.2) is 0 Å². The van der Waals surface area contributed by atoms with E-state index in [0.29, 0.717) is 19.6 Å². The van der Waals surface area contributed by atoms with Crippen molar-refractivity contribution in [2.24, 2.45) is 0 Å². The van der Waals surface area contributed by atoms with Crippen LogP contribution in [0.1, 0.15) is 39.2 Å². The zero-order chi connectivity index (χ0) is 22.4. The van der Waals surface area contributed by atoms with Gasteiger partial charge >= 0.3 is 12.1 Å². The molecule has 2 saturated heterocycles. The number of hydrogen-bond acceptors (Lipinski definition) is 6. The molecule has 2 fully saturated rings. The lowest BCUT2D eigenvalue weighted by Crippen LogP contribution is -2.52. The Balaban J connectivity index is 1.48. The van der Waals surface area contributed by atoms with Crippen molar-refractivity contribution >= 4 is 17.9 Å². The summed E-state index contributed by atoms with van der Waals surface area (Å²) >= 11 is 0. The van der Waals surface area contributed by atoms with E-state index >= 15 is 0 Å². The summed E-state index contributed by atoms with van der Waals surface area (Å²) in [5, 5.41) is 5.89. The van der Waals surface area contributed by atoms with Crippen LogP contribution in [-0.2, 0) is 11.3 Å². The van der Waals surface area contributed by atoms with Crippen molar-refractivity contribution < 1.29 is 14.3 Å². The average molecular weight is 433 g/mol. The predicted molar refractivity (Wildman–Crippen MR) is 120 cm³/mol. The monoisotopic (exact) mass is 432 g/mol. The standard InChI is InChI=1S/C22H36N6O3/c1-22(2,3)31-21(30)25-18-6-5-9-28(16-18)20(29)24-15-17-7-8-23-19(14-17)27-12-10-26(4)11-13-27/h7-8,14,18H,5-6,9-13,15-16H2,1-4H3,(H,24,29)(H,25,30). The van der Waals surface area contributed by atoms with Gasteiger partial charge in [-0.2, -0.15) is 0 Å². The van der Waals surface area contributed by atoms with E-state index in [2.05, 4.69) is 38.5 Å². The Hall–Kier alpha value is -2.55. The number of carbonyl (C=O) groups is 2. The largest absolute Gasteiger partial charge is 0.444 e. The molecule has 0 saturated carbocycles. The number of pyridine rings is 1. The van der Waals surface area contributed by atoms with E-state index in [1.807, 2.05) is 26.8 Å². The highest BCUT2D eigenvalue weighted by atomic mass is 16.6. The topological polar surface area (TPSA) is 90.0 Å². The first-order chi connectivity index (χ1) is 14.7. The van der Waals surface area contributed by atoms with Crippen molar-refractivity contribution in [1.29, 1.82) is 0 Å². The zero-order valence-corrected chi connectivity index (χ0v) is 19.2. The summed E-state index contributed by atoms with van der Waals surface area (Å²) in [4.78, 5) is 35.6. The molecular weight excluding hydrogens is 396 g/mol. The Bertz CT molecular complexity index is 758. The molecule has 0 radical (unpaired) electrons. The quantitative estimate of drug-likeness (QED) is 0.757. The van der Waals surface area contributed by atoms with E-state index in [1.54, 1.807) is 11.1 Å². The molecule has 0 spiro atoms. The van der Waals surface area contributed by atoms with Crippen LogP contribution in [0.3, 0.4) is 0 Å². The lowest BCUT2D eigenvalue weighted by Gasteiger charge is -2.34. The lowest BCUT2D eigenvalue weighted by molar-refractivity contribution is 0.0479. The molecule has 9 heteroatoms. The maximum atomic E-state index is 12.7. The summed E-state index contributed by atoms with van der Waals surface area (Å²) in [5.41, 5.74) is 0.487. The second-order valence-corrected chi connectivity index (χ2v) is 9.40. The number of nitrogens with zero attached hydrogens (tertiary/aromatic N) is 4. The van der Waals surface area contributed by atoms with Gasteiger partial charge in [0.05, 0.1) is 0 Å². The van der Waals surface area contributed by atoms with Gasteiger partial charge in [-0.05, 0) is 58.4 Å². The Morgan fingerprint density at radius 2 is 1.94 bits per heavy atom.